The molecule has 0 heterocycles. The number of allylic oxidation sites excluding steroid dienone is 1. The number of nitrogens with zero attached hydrogens (tertiary/aromatic N) is 1. The van der Waals surface area contributed by atoms with Crippen molar-refractivity contribution in [1.82, 2.24) is 4.31 Å². The molecule has 0 bridgehead atoms. The Hall–Kier alpha value is -0.980. The Labute approximate surface area is 126 Å². The highest BCUT2D eigenvalue weighted by Crippen LogP contribution is 2.24. The standard InChI is InChI=1S/C14H22N2O2S2/c1-3-4-7-10-16(2)20(17,18)12-11-19-14-9-6-5-8-13(14)15/h3,5-6,8-9H,1,4,7,10-12,15H2,2H3. The lowest BCUT2D eigenvalue weighted by Crippen LogP contribution is -2.30. The Balaban J connectivity index is 2.43. The van der Waals surface area contributed by atoms with E-state index in [0.717, 1.165) is 17.7 Å². The average Bonchev–Trinajstić information content (AvgIpc) is 2.41. The molecular weight excluding hydrogens is 292 g/mol. The molecule has 1 aromatic carbocycles. The number of sulfonamides is 1. The van der Waals surface area contributed by atoms with E-state index in [1.807, 2.05) is 24.3 Å². The molecule has 2 N–H and O–H groups in total. The molecule has 0 spiro atoms. The third-order valence-electron chi connectivity index (χ3n) is 2.87. The summed E-state index contributed by atoms with van der Waals surface area (Å²) in [6.45, 7) is 4.16. The van der Waals surface area contributed by atoms with Gasteiger partial charge in [0.15, 0.2) is 0 Å². The number of nitrogen functional groups attached to an aromatic ring is 1. The summed E-state index contributed by atoms with van der Waals surface area (Å²) in [5, 5.41) is 0. The zero-order valence-electron chi connectivity index (χ0n) is 11.8. The van der Waals surface area contributed by atoms with Crippen LogP contribution in [0.25, 0.3) is 0 Å². The normalized spacial score (nSPS) is 11.7. The van der Waals surface area contributed by atoms with Crippen molar-refractivity contribution < 1.29 is 8.42 Å². The van der Waals surface area contributed by atoms with E-state index >= 15 is 0 Å². The number of hydrogen-bond acceptors (Lipinski definition) is 4. The summed E-state index contributed by atoms with van der Waals surface area (Å²) < 4.78 is 25.5. The summed E-state index contributed by atoms with van der Waals surface area (Å²) in [5.74, 6) is 0.624. The molecule has 0 amide bonds. The van der Waals surface area contributed by atoms with E-state index in [1.54, 1.807) is 13.1 Å². The highest BCUT2D eigenvalue weighted by Gasteiger charge is 2.17. The highest BCUT2D eigenvalue weighted by molar-refractivity contribution is 8.00. The summed E-state index contributed by atoms with van der Waals surface area (Å²) in [4.78, 5) is 0.928. The summed E-state index contributed by atoms with van der Waals surface area (Å²) in [5.41, 5.74) is 6.51. The molecule has 1 rings (SSSR count). The minimum absolute atomic E-state index is 0.122. The number of benzene rings is 1. The monoisotopic (exact) mass is 314 g/mol. The van der Waals surface area contributed by atoms with Gasteiger partial charge < -0.3 is 5.73 Å². The van der Waals surface area contributed by atoms with Crippen LogP contribution in [-0.2, 0) is 10.0 Å². The van der Waals surface area contributed by atoms with Crippen LogP contribution in [0.2, 0.25) is 0 Å². The topological polar surface area (TPSA) is 63.4 Å². The smallest absolute Gasteiger partial charge is 0.214 e. The number of nitrogens with two attached hydrogens (primary N) is 1. The second-order valence-electron chi connectivity index (χ2n) is 4.45. The molecule has 0 fully saturated rings. The maximum Gasteiger partial charge on any atom is 0.214 e. The van der Waals surface area contributed by atoms with Crippen molar-refractivity contribution in [2.75, 3.05) is 30.8 Å². The fraction of sp³-hybridized carbons (Fsp3) is 0.429. The lowest BCUT2D eigenvalue weighted by molar-refractivity contribution is 0.464. The van der Waals surface area contributed by atoms with Gasteiger partial charge in [-0.05, 0) is 25.0 Å². The molecule has 0 aromatic heterocycles. The van der Waals surface area contributed by atoms with Crippen molar-refractivity contribution >= 4 is 27.5 Å². The molecule has 0 aliphatic carbocycles. The Bertz CT molecular complexity index is 530. The van der Waals surface area contributed by atoms with Crippen molar-refractivity contribution in [3.05, 3.63) is 36.9 Å². The molecule has 6 heteroatoms. The first-order valence-corrected chi connectivity index (χ1v) is 9.09. The van der Waals surface area contributed by atoms with Crippen LogP contribution in [0.15, 0.2) is 41.8 Å². The van der Waals surface area contributed by atoms with E-state index in [4.69, 9.17) is 5.73 Å². The number of rotatable bonds is 9. The van der Waals surface area contributed by atoms with E-state index in [1.165, 1.54) is 16.1 Å². The third kappa shape index (κ3) is 5.56. The van der Waals surface area contributed by atoms with Gasteiger partial charge in [0, 0.05) is 29.9 Å². The largest absolute Gasteiger partial charge is 0.398 e. The van der Waals surface area contributed by atoms with Crippen LogP contribution < -0.4 is 5.73 Å². The lowest BCUT2D eigenvalue weighted by Gasteiger charge is -2.16. The van der Waals surface area contributed by atoms with Gasteiger partial charge in [0.1, 0.15) is 0 Å². The molecule has 0 aliphatic heterocycles. The summed E-state index contributed by atoms with van der Waals surface area (Å²) in [7, 11) is -1.56. The van der Waals surface area contributed by atoms with Crippen LogP contribution in [-0.4, -0.2) is 37.8 Å². The van der Waals surface area contributed by atoms with Crippen LogP contribution in [0.3, 0.4) is 0 Å². The highest BCUT2D eigenvalue weighted by atomic mass is 32.2. The van der Waals surface area contributed by atoms with E-state index in [9.17, 15) is 8.42 Å². The van der Waals surface area contributed by atoms with Crippen LogP contribution in [0.5, 0.6) is 0 Å². The fourth-order valence-corrected chi connectivity index (χ4v) is 4.15. The van der Waals surface area contributed by atoms with Gasteiger partial charge in [-0.1, -0.05) is 18.2 Å². The van der Waals surface area contributed by atoms with Crippen LogP contribution in [0.1, 0.15) is 12.8 Å². The van der Waals surface area contributed by atoms with Crippen LogP contribution >= 0.6 is 11.8 Å². The first-order valence-electron chi connectivity index (χ1n) is 6.49. The van der Waals surface area contributed by atoms with Crippen molar-refractivity contribution in [2.45, 2.75) is 17.7 Å². The molecule has 1 aromatic rings. The predicted molar refractivity (Wildman–Crippen MR) is 87.4 cm³/mol. The first kappa shape index (κ1) is 17.1. The Morgan fingerprint density at radius 2 is 2.10 bits per heavy atom. The van der Waals surface area contributed by atoms with Crippen LogP contribution in [0, 0.1) is 0 Å². The van der Waals surface area contributed by atoms with Gasteiger partial charge >= 0.3 is 0 Å². The average molecular weight is 314 g/mol. The van der Waals surface area contributed by atoms with Crippen molar-refractivity contribution in [3.8, 4) is 0 Å². The lowest BCUT2D eigenvalue weighted by atomic mass is 10.3. The van der Waals surface area contributed by atoms with E-state index in [2.05, 4.69) is 6.58 Å². The van der Waals surface area contributed by atoms with Gasteiger partial charge in [-0.15, -0.1) is 18.3 Å². The van der Waals surface area contributed by atoms with Gasteiger partial charge in [-0.3, -0.25) is 0 Å². The third-order valence-corrected chi connectivity index (χ3v) is 6.08. The second kappa shape index (κ2) is 8.34. The molecule has 0 atom stereocenters. The minimum Gasteiger partial charge on any atom is -0.398 e. The SMILES string of the molecule is C=CCCCN(C)S(=O)(=O)CCSc1ccccc1N. The minimum atomic E-state index is -3.19. The molecule has 0 aliphatic rings. The quantitative estimate of drug-likeness (QED) is 0.329. The van der Waals surface area contributed by atoms with Crippen molar-refractivity contribution in [2.24, 2.45) is 0 Å². The van der Waals surface area contributed by atoms with Crippen LogP contribution in [0.4, 0.5) is 5.69 Å². The molecule has 0 saturated heterocycles. The fourth-order valence-electron chi connectivity index (χ4n) is 1.62. The molecule has 0 saturated carbocycles. The number of hydrogen-bond donors (Lipinski definition) is 1. The molecular formula is C14H22N2O2S2. The Kier molecular flexibility index (Phi) is 7.12. The van der Waals surface area contributed by atoms with E-state index in [-0.39, 0.29) is 5.75 Å². The zero-order chi connectivity index (χ0) is 15.0. The number of thioether (sulfide) groups is 1. The molecule has 0 radical (unpaired) electrons. The number of unbranched alkanes of at least 4 members (excludes halogenated alkanes) is 1. The summed E-state index contributed by atoms with van der Waals surface area (Å²) in [6, 6.07) is 7.48. The maximum absolute atomic E-state index is 12.1. The van der Waals surface area contributed by atoms with Gasteiger partial charge in [0.2, 0.25) is 10.0 Å². The Morgan fingerprint density at radius 1 is 1.40 bits per heavy atom. The van der Waals surface area contributed by atoms with Crippen molar-refractivity contribution in [3.63, 3.8) is 0 Å². The van der Waals surface area contributed by atoms with Gasteiger partial charge in [0.05, 0.1) is 5.75 Å². The van der Waals surface area contributed by atoms with Gasteiger partial charge in [-0.25, -0.2) is 12.7 Å². The first-order chi connectivity index (χ1) is 9.47. The summed E-state index contributed by atoms with van der Waals surface area (Å²) >= 11 is 1.47. The molecule has 20 heavy (non-hydrogen) atoms. The van der Waals surface area contributed by atoms with Gasteiger partial charge in [0.25, 0.3) is 0 Å². The van der Waals surface area contributed by atoms with Crippen molar-refractivity contribution in [1.29, 1.82) is 0 Å². The number of anilines is 1. The summed E-state index contributed by atoms with van der Waals surface area (Å²) in [6.07, 6.45) is 3.43. The van der Waals surface area contributed by atoms with Gasteiger partial charge in [-0.2, -0.15) is 0 Å². The molecule has 4 nitrogen and oxygen atoms in total. The second-order valence-corrected chi connectivity index (χ2v) is 7.79. The zero-order valence-corrected chi connectivity index (χ0v) is 13.4. The van der Waals surface area contributed by atoms with E-state index in [0.29, 0.717) is 18.0 Å². The molecule has 112 valence electrons. The molecule has 0 unspecified atom stereocenters. The van der Waals surface area contributed by atoms with E-state index < -0.39 is 10.0 Å². The predicted octanol–water partition coefficient (Wildman–Crippen LogP) is 2.59. The maximum atomic E-state index is 12.1. The Morgan fingerprint density at radius 3 is 2.75 bits per heavy atom. The number of para-hydroxylation sites is 1.